The van der Waals surface area contributed by atoms with Crippen LogP contribution in [0.5, 0.6) is 11.5 Å². The molecule has 9 heteroatoms. The van der Waals surface area contributed by atoms with Crippen molar-refractivity contribution in [2.45, 2.75) is 55.6 Å². The van der Waals surface area contributed by atoms with Crippen LogP contribution in [0.2, 0.25) is 0 Å². The molecule has 1 saturated heterocycles. The Bertz CT molecular complexity index is 1300. The maximum absolute atomic E-state index is 13.0. The standard InChI is InChI=1S/C28H30O8S/c1-27-23(24(29)18-28(27,26(31)36-27)25(30)19-8-4-2-5-9-19)16-17-34-37(32,33)22-14-12-21(13-15-22)35-20-10-6-3-7-11-20/h3-4,6-8,10-15,19,23,25,30H,2,5,9,16-18H2,1H3/t19-,23+,25+,27+,28-/m1/s1. The van der Waals surface area contributed by atoms with Gasteiger partial charge in [-0.05, 0) is 69.0 Å². The second-order valence-corrected chi connectivity index (χ2v) is 11.7. The first-order chi connectivity index (χ1) is 17.7. The van der Waals surface area contributed by atoms with E-state index in [1.165, 1.54) is 24.3 Å². The van der Waals surface area contributed by atoms with Crippen molar-refractivity contribution in [3.05, 3.63) is 66.7 Å². The summed E-state index contributed by atoms with van der Waals surface area (Å²) in [7, 11) is -4.08. The van der Waals surface area contributed by atoms with Gasteiger partial charge in [-0.2, -0.15) is 8.42 Å². The maximum Gasteiger partial charge on any atom is 0.319 e. The fraction of sp³-hybridized carbons (Fsp3) is 0.429. The van der Waals surface area contributed by atoms with E-state index in [-0.39, 0.29) is 36.0 Å². The van der Waals surface area contributed by atoms with Crippen LogP contribution in [0.15, 0.2) is 71.6 Å². The van der Waals surface area contributed by atoms with Crippen molar-refractivity contribution in [3.8, 4) is 11.5 Å². The predicted molar refractivity (Wildman–Crippen MR) is 133 cm³/mol. The number of carbonyl (C=O) groups is 2. The predicted octanol–water partition coefficient (Wildman–Crippen LogP) is 4.18. The van der Waals surface area contributed by atoms with E-state index >= 15 is 0 Å². The van der Waals surface area contributed by atoms with E-state index in [1.54, 1.807) is 19.1 Å². The number of aliphatic hydroxyl groups excluding tert-OH is 1. The molecule has 5 atom stereocenters. The molecule has 0 bridgehead atoms. The topological polar surface area (TPSA) is 116 Å². The van der Waals surface area contributed by atoms with Crippen molar-refractivity contribution in [1.82, 2.24) is 0 Å². The molecule has 3 aliphatic rings. The van der Waals surface area contributed by atoms with Crippen LogP contribution in [0.1, 0.15) is 39.0 Å². The minimum absolute atomic E-state index is 0.0409. The zero-order valence-corrected chi connectivity index (χ0v) is 21.4. The fourth-order valence-electron chi connectivity index (χ4n) is 5.93. The molecule has 2 aromatic rings. The minimum Gasteiger partial charge on any atom is -0.457 e. The summed E-state index contributed by atoms with van der Waals surface area (Å²) in [6.07, 6.45) is 5.36. The van der Waals surface area contributed by atoms with Gasteiger partial charge >= 0.3 is 5.97 Å². The van der Waals surface area contributed by atoms with Crippen LogP contribution in [-0.4, -0.2) is 43.6 Å². The number of ether oxygens (including phenoxy) is 2. The van der Waals surface area contributed by atoms with E-state index in [1.807, 2.05) is 30.4 Å². The van der Waals surface area contributed by atoms with Gasteiger partial charge in [-0.15, -0.1) is 0 Å². The zero-order valence-electron chi connectivity index (χ0n) is 20.5. The Hall–Kier alpha value is -3.01. The highest BCUT2D eigenvalue weighted by Gasteiger charge is 2.78. The van der Waals surface area contributed by atoms with Crippen molar-refractivity contribution in [2.75, 3.05) is 6.61 Å². The summed E-state index contributed by atoms with van der Waals surface area (Å²) in [5, 5.41) is 11.2. The molecule has 0 spiro atoms. The number of benzene rings is 2. The lowest BCUT2D eigenvalue weighted by atomic mass is 9.60. The lowest BCUT2D eigenvalue weighted by molar-refractivity contribution is -0.263. The molecule has 1 saturated carbocycles. The second kappa shape index (κ2) is 9.70. The summed E-state index contributed by atoms with van der Waals surface area (Å²) in [4.78, 5) is 25.6. The van der Waals surface area contributed by atoms with E-state index in [2.05, 4.69) is 0 Å². The van der Waals surface area contributed by atoms with E-state index in [0.717, 1.165) is 19.3 Å². The molecule has 37 heavy (non-hydrogen) atoms. The lowest BCUT2D eigenvalue weighted by Gasteiger charge is -2.55. The van der Waals surface area contributed by atoms with Crippen LogP contribution >= 0.6 is 0 Å². The Balaban J connectivity index is 1.23. The molecule has 2 aliphatic carbocycles. The summed E-state index contributed by atoms with van der Waals surface area (Å²) >= 11 is 0. The average molecular weight is 527 g/mol. The highest BCUT2D eigenvalue weighted by atomic mass is 32.2. The van der Waals surface area contributed by atoms with Crippen molar-refractivity contribution < 1.29 is 36.8 Å². The Kier molecular flexibility index (Phi) is 6.72. The molecule has 2 fully saturated rings. The molecule has 1 N–H and O–H groups in total. The van der Waals surface area contributed by atoms with Crippen molar-refractivity contribution in [1.29, 1.82) is 0 Å². The molecule has 2 aromatic carbocycles. The fourth-order valence-corrected chi connectivity index (χ4v) is 6.85. The monoisotopic (exact) mass is 526 g/mol. The quantitative estimate of drug-likeness (QED) is 0.294. The first kappa shape index (κ1) is 25.6. The number of fused-ring (bicyclic) bond motifs is 1. The molecule has 1 aliphatic heterocycles. The molecular weight excluding hydrogens is 496 g/mol. The van der Waals surface area contributed by atoms with Crippen LogP contribution in [0.3, 0.4) is 0 Å². The van der Waals surface area contributed by atoms with Crippen molar-refractivity contribution >= 4 is 21.9 Å². The van der Waals surface area contributed by atoms with E-state index in [0.29, 0.717) is 11.5 Å². The molecular formula is C28H30O8S. The summed E-state index contributed by atoms with van der Waals surface area (Å²) in [5.74, 6) is -0.674. The zero-order chi connectivity index (χ0) is 26.3. The van der Waals surface area contributed by atoms with Crippen LogP contribution in [0.25, 0.3) is 0 Å². The third-order valence-electron chi connectivity index (χ3n) is 8.00. The molecule has 0 amide bonds. The molecule has 0 unspecified atom stereocenters. The number of Topliss-reactive ketones (excluding diaryl/α,β-unsaturated/α-hetero) is 1. The molecule has 8 nitrogen and oxygen atoms in total. The number of para-hydroxylation sites is 1. The highest BCUT2D eigenvalue weighted by molar-refractivity contribution is 7.86. The molecule has 1 heterocycles. The second-order valence-electron chi connectivity index (χ2n) is 10.1. The summed E-state index contributed by atoms with van der Waals surface area (Å²) in [6, 6.07) is 15.0. The third kappa shape index (κ3) is 4.39. The highest BCUT2D eigenvalue weighted by Crippen LogP contribution is 2.62. The Labute approximate surface area is 216 Å². The van der Waals surface area contributed by atoms with Crippen LogP contribution in [-0.2, 0) is 28.6 Å². The van der Waals surface area contributed by atoms with Gasteiger partial charge in [0.05, 0.1) is 23.5 Å². The van der Waals surface area contributed by atoms with Gasteiger partial charge in [-0.3, -0.25) is 13.8 Å². The number of carbonyl (C=O) groups excluding carboxylic acids is 2. The molecule has 5 rings (SSSR count). The largest absolute Gasteiger partial charge is 0.457 e. The third-order valence-corrected chi connectivity index (χ3v) is 9.33. The van der Waals surface area contributed by atoms with Gasteiger partial charge in [0.15, 0.2) is 0 Å². The molecule has 196 valence electrons. The smallest absolute Gasteiger partial charge is 0.319 e. The van der Waals surface area contributed by atoms with Crippen molar-refractivity contribution in [3.63, 3.8) is 0 Å². The first-order valence-corrected chi connectivity index (χ1v) is 13.9. The Morgan fingerprint density at radius 2 is 1.78 bits per heavy atom. The minimum atomic E-state index is -4.08. The van der Waals surface area contributed by atoms with Crippen LogP contribution in [0.4, 0.5) is 0 Å². The number of hydrogen-bond acceptors (Lipinski definition) is 8. The lowest BCUT2D eigenvalue weighted by Crippen LogP contribution is -2.70. The summed E-state index contributed by atoms with van der Waals surface area (Å²) in [5.41, 5.74) is -2.51. The van der Waals surface area contributed by atoms with E-state index in [9.17, 15) is 23.1 Å². The maximum atomic E-state index is 13.0. The SMILES string of the molecule is C[C@@]12OC(=O)[C@]1([C@@H](O)[C@@H]1C=CCCC1)CC(=O)[C@@H]2CCOS(=O)(=O)c1ccc(Oc2ccccc2)cc1. The van der Waals surface area contributed by atoms with Gasteiger partial charge in [-0.25, -0.2) is 0 Å². The molecule has 0 radical (unpaired) electrons. The average Bonchev–Trinajstić information content (AvgIpc) is 3.07. The first-order valence-electron chi connectivity index (χ1n) is 12.5. The number of aliphatic hydroxyl groups is 1. The number of allylic oxidation sites excluding steroid dienone is 1. The van der Waals surface area contributed by atoms with Crippen LogP contribution in [0, 0.1) is 17.3 Å². The van der Waals surface area contributed by atoms with Gasteiger partial charge in [0.2, 0.25) is 0 Å². The Morgan fingerprint density at radius 3 is 2.43 bits per heavy atom. The normalized spacial score (nSPS) is 29.8. The van der Waals surface area contributed by atoms with Gasteiger partial charge in [0, 0.05) is 12.3 Å². The Morgan fingerprint density at radius 1 is 1.08 bits per heavy atom. The van der Waals surface area contributed by atoms with Gasteiger partial charge in [0.25, 0.3) is 10.1 Å². The number of hydrogen-bond donors (Lipinski definition) is 1. The van der Waals surface area contributed by atoms with Gasteiger partial charge in [-0.1, -0.05) is 30.4 Å². The van der Waals surface area contributed by atoms with Gasteiger partial charge in [0.1, 0.15) is 28.3 Å². The van der Waals surface area contributed by atoms with E-state index < -0.39 is 39.1 Å². The molecule has 0 aromatic heterocycles. The summed E-state index contributed by atoms with van der Waals surface area (Å²) in [6.45, 7) is 1.41. The number of ketones is 1. The number of rotatable bonds is 9. The van der Waals surface area contributed by atoms with E-state index in [4.69, 9.17) is 13.7 Å². The van der Waals surface area contributed by atoms with Crippen molar-refractivity contribution in [2.24, 2.45) is 17.3 Å². The number of esters is 1. The van der Waals surface area contributed by atoms with Gasteiger partial charge < -0.3 is 14.6 Å². The summed E-state index contributed by atoms with van der Waals surface area (Å²) < 4.78 is 41.9. The van der Waals surface area contributed by atoms with Crippen LogP contribution < -0.4 is 4.74 Å².